The molecule has 0 bridgehead atoms. The lowest BCUT2D eigenvalue weighted by atomic mass is 9.83. The van der Waals surface area contributed by atoms with Crippen molar-refractivity contribution in [3.63, 3.8) is 0 Å². The first-order chi connectivity index (χ1) is 7.74. The van der Waals surface area contributed by atoms with Crippen LogP contribution in [0.4, 0.5) is 0 Å². The minimum absolute atomic E-state index is 0.0193. The van der Waals surface area contributed by atoms with Crippen LogP contribution in [0.15, 0.2) is 0 Å². The molecule has 2 rings (SSSR count). The van der Waals surface area contributed by atoms with Gasteiger partial charge in [-0.15, -0.1) is 11.8 Å². The van der Waals surface area contributed by atoms with Crippen LogP contribution in [0.5, 0.6) is 0 Å². The zero-order chi connectivity index (χ0) is 11.4. The average molecular weight is 237 g/mol. The van der Waals surface area contributed by atoms with E-state index < -0.39 is 0 Å². The Kier molecular flexibility index (Phi) is 4.19. The topological polar surface area (TPSA) is 23.8 Å². The van der Waals surface area contributed by atoms with Gasteiger partial charge in [-0.05, 0) is 44.4 Å². The molecule has 0 saturated heterocycles. The molecule has 0 atom stereocenters. The summed E-state index contributed by atoms with van der Waals surface area (Å²) in [6, 6.07) is 2.65. The Balaban J connectivity index is 1.91. The number of hydrogen-bond donors (Lipinski definition) is 0. The van der Waals surface area contributed by atoms with E-state index in [0.717, 1.165) is 24.0 Å². The van der Waals surface area contributed by atoms with Gasteiger partial charge in [-0.3, -0.25) is 0 Å². The monoisotopic (exact) mass is 237 g/mol. The third kappa shape index (κ3) is 2.94. The summed E-state index contributed by atoms with van der Waals surface area (Å²) in [5.74, 6) is 0.841. The average Bonchev–Trinajstić information content (AvgIpc) is 2.34. The lowest BCUT2D eigenvalue weighted by Crippen LogP contribution is -2.31. The van der Waals surface area contributed by atoms with E-state index in [4.69, 9.17) is 0 Å². The van der Waals surface area contributed by atoms with Crippen molar-refractivity contribution >= 4 is 11.8 Å². The standard InChI is InChI=1S/C14H23NS/c1-12-7-9-14(11-15,10-8-12)16-13-5-3-2-4-6-13/h12-13H,2-10H2,1H3. The van der Waals surface area contributed by atoms with Crippen molar-refractivity contribution in [1.82, 2.24) is 0 Å². The van der Waals surface area contributed by atoms with Gasteiger partial charge in [0.15, 0.2) is 0 Å². The van der Waals surface area contributed by atoms with Gasteiger partial charge in [0.2, 0.25) is 0 Å². The summed E-state index contributed by atoms with van der Waals surface area (Å²) in [7, 11) is 0. The Bertz CT molecular complexity index is 254. The molecule has 0 N–H and O–H groups in total. The number of nitrogens with zero attached hydrogens (tertiary/aromatic N) is 1. The molecule has 2 aliphatic carbocycles. The van der Waals surface area contributed by atoms with Crippen LogP contribution >= 0.6 is 11.8 Å². The quantitative estimate of drug-likeness (QED) is 0.705. The summed E-state index contributed by atoms with van der Waals surface area (Å²) in [6.07, 6.45) is 11.7. The fourth-order valence-corrected chi connectivity index (χ4v) is 4.72. The first-order valence-corrected chi connectivity index (χ1v) is 7.71. The SMILES string of the molecule is CC1CCC(C#N)(SC2CCCCC2)CC1. The van der Waals surface area contributed by atoms with Gasteiger partial charge in [0.1, 0.15) is 4.75 Å². The summed E-state index contributed by atoms with van der Waals surface area (Å²) < 4.78 is -0.0193. The minimum Gasteiger partial charge on any atom is -0.197 e. The highest BCUT2D eigenvalue weighted by molar-refractivity contribution is 8.01. The van der Waals surface area contributed by atoms with Gasteiger partial charge in [-0.2, -0.15) is 5.26 Å². The Hall–Kier alpha value is -0.160. The molecular weight excluding hydrogens is 214 g/mol. The second-order valence-corrected chi connectivity index (χ2v) is 7.35. The molecule has 0 radical (unpaired) electrons. The molecule has 0 aliphatic heterocycles. The molecule has 1 nitrogen and oxygen atoms in total. The van der Waals surface area contributed by atoms with Gasteiger partial charge in [0.25, 0.3) is 0 Å². The maximum absolute atomic E-state index is 9.49. The lowest BCUT2D eigenvalue weighted by molar-refractivity contribution is 0.356. The van der Waals surface area contributed by atoms with E-state index in [9.17, 15) is 5.26 Å². The number of nitriles is 1. The van der Waals surface area contributed by atoms with E-state index in [1.807, 2.05) is 11.8 Å². The Labute approximate surface area is 104 Å². The number of rotatable bonds is 2. The van der Waals surface area contributed by atoms with Crippen LogP contribution in [-0.4, -0.2) is 10.00 Å². The summed E-state index contributed by atoms with van der Waals surface area (Å²) in [5, 5.41) is 10.3. The van der Waals surface area contributed by atoms with Crippen molar-refractivity contribution < 1.29 is 0 Å². The van der Waals surface area contributed by atoms with Crippen molar-refractivity contribution in [2.45, 2.75) is 74.7 Å². The van der Waals surface area contributed by atoms with Crippen LogP contribution in [0.25, 0.3) is 0 Å². The van der Waals surface area contributed by atoms with Gasteiger partial charge in [-0.1, -0.05) is 26.2 Å². The summed E-state index contributed by atoms with van der Waals surface area (Å²) in [5.41, 5.74) is 0. The highest BCUT2D eigenvalue weighted by atomic mass is 32.2. The molecule has 90 valence electrons. The fourth-order valence-electron chi connectivity index (χ4n) is 2.99. The molecule has 2 saturated carbocycles. The van der Waals surface area contributed by atoms with Crippen molar-refractivity contribution in [1.29, 1.82) is 5.26 Å². The maximum atomic E-state index is 9.49. The number of thioether (sulfide) groups is 1. The van der Waals surface area contributed by atoms with E-state index in [2.05, 4.69) is 13.0 Å². The molecule has 0 unspecified atom stereocenters. The molecule has 2 fully saturated rings. The first-order valence-electron chi connectivity index (χ1n) is 6.83. The van der Waals surface area contributed by atoms with Crippen molar-refractivity contribution in [3.05, 3.63) is 0 Å². The van der Waals surface area contributed by atoms with Crippen molar-refractivity contribution in [3.8, 4) is 6.07 Å². The van der Waals surface area contributed by atoms with Gasteiger partial charge >= 0.3 is 0 Å². The minimum atomic E-state index is -0.0193. The molecule has 2 heteroatoms. The van der Waals surface area contributed by atoms with E-state index in [-0.39, 0.29) is 4.75 Å². The van der Waals surface area contributed by atoms with Gasteiger partial charge < -0.3 is 0 Å². The number of hydrogen-bond acceptors (Lipinski definition) is 2. The highest BCUT2D eigenvalue weighted by Gasteiger charge is 2.37. The Morgan fingerprint density at radius 1 is 1.06 bits per heavy atom. The predicted molar refractivity (Wildman–Crippen MR) is 70.4 cm³/mol. The molecule has 0 aromatic carbocycles. The molecule has 0 heterocycles. The van der Waals surface area contributed by atoms with E-state index in [1.54, 1.807) is 0 Å². The van der Waals surface area contributed by atoms with Crippen LogP contribution < -0.4 is 0 Å². The third-order valence-corrected chi connectivity index (χ3v) is 5.99. The second kappa shape index (κ2) is 5.45. The second-order valence-electron chi connectivity index (χ2n) is 5.67. The highest BCUT2D eigenvalue weighted by Crippen LogP contribution is 2.46. The lowest BCUT2D eigenvalue weighted by Gasteiger charge is -2.36. The van der Waals surface area contributed by atoms with E-state index in [0.29, 0.717) is 0 Å². The summed E-state index contributed by atoms with van der Waals surface area (Å²) in [6.45, 7) is 2.33. The van der Waals surface area contributed by atoms with Crippen LogP contribution in [0.1, 0.15) is 64.7 Å². The molecular formula is C14H23NS. The van der Waals surface area contributed by atoms with Crippen LogP contribution in [0.2, 0.25) is 0 Å². The normalized spacial score (nSPS) is 36.9. The van der Waals surface area contributed by atoms with Crippen LogP contribution in [-0.2, 0) is 0 Å². The largest absolute Gasteiger partial charge is 0.197 e. The zero-order valence-corrected chi connectivity index (χ0v) is 11.2. The van der Waals surface area contributed by atoms with Crippen molar-refractivity contribution in [2.75, 3.05) is 0 Å². The maximum Gasteiger partial charge on any atom is 0.103 e. The molecule has 2 aliphatic rings. The molecule has 0 aromatic rings. The van der Waals surface area contributed by atoms with E-state index >= 15 is 0 Å². The zero-order valence-electron chi connectivity index (χ0n) is 10.4. The Morgan fingerprint density at radius 3 is 2.25 bits per heavy atom. The van der Waals surface area contributed by atoms with Gasteiger partial charge in [-0.25, -0.2) is 0 Å². The summed E-state index contributed by atoms with van der Waals surface area (Å²) >= 11 is 2.03. The Morgan fingerprint density at radius 2 is 1.69 bits per heavy atom. The van der Waals surface area contributed by atoms with Crippen molar-refractivity contribution in [2.24, 2.45) is 5.92 Å². The molecule has 16 heavy (non-hydrogen) atoms. The fraction of sp³-hybridized carbons (Fsp3) is 0.929. The van der Waals surface area contributed by atoms with Crippen LogP contribution in [0.3, 0.4) is 0 Å². The van der Waals surface area contributed by atoms with Gasteiger partial charge in [0, 0.05) is 5.25 Å². The van der Waals surface area contributed by atoms with Gasteiger partial charge in [0.05, 0.1) is 6.07 Å². The van der Waals surface area contributed by atoms with Crippen LogP contribution in [0, 0.1) is 17.2 Å². The third-order valence-electron chi connectivity index (χ3n) is 4.23. The first kappa shape index (κ1) is 12.3. The molecule has 0 aromatic heterocycles. The summed E-state index contributed by atoms with van der Waals surface area (Å²) in [4.78, 5) is 0. The molecule has 0 amide bonds. The predicted octanol–water partition coefficient (Wildman–Crippen LogP) is 4.52. The smallest absolute Gasteiger partial charge is 0.103 e. The molecule has 0 spiro atoms. The van der Waals surface area contributed by atoms with E-state index in [1.165, 1.54) is 44.9 Å².